The van der Waals surface area contributed by atoms with Gasteiger partial charge in [0.1, 0.15) is 18.3 Å². The summed E-state index contributed by atoms with van der Waals surface area (Å²) < 4.78 is 5.93. The molecule has 1 N–H and O–H groups in total. The van der Waals surface area contributed by atoms with Crippen LogP contribution in [0.5, 0.6) is 0 Å². The number of hydrogen-bond acceptors (Lipinski definition) is 7. The monoisotopic (exact) mass is 487 g/mol. The first kappa shape index (κ1) is 24.0. The molecule has 0 bridgehead atoms. The third-order valence-corrected chi connectivity index (χ3v) is 6.23. The van der Waals surface area contributed by atoms with Gasteiger partial charge in [0.05, 0.1) is 6.61 Å². The van der Waals surface area contributed by atoms with Gasteiger partial charge in [0.15, 0.2) is 0 Å². The number of carbonyl (C=O) groups excluding carboxylic acids is 1. The van der Waals surface area contributed by atoms with E-state index in [9.17, 15) is 10.0 Å². The first-order valence-electron chi connectivity index (χ1n) is 11.0. The van der Waals surface area contributed by atoms with Gasteiger partial charge >= 0.3 is 5.97 Å². The van der Waals surface area contributed by atoms with Gasteiger partial charge < -0.3 is 14.8 Å². The average Bonchev–Trinajstić information content (AvgIpc) is 3.26. The zero-order chi connectivity index (χ0) is 24.7. The number of oxime groups is 1. The first-order chi connectivity index (χ1) is 17.1. The fourth-order valence-electron chi connectivity index (χ4n) is 3.90. The van der Waals surface area contributed by atoms with Gasteiger partial charge in [-0.05, 0) is 23.6 Å². The van der Waals surface area contributed by atoms with Crippen molar-refractivity contribution in [3.63, 3.8) is 0 Å². The zero-order valence-corrected chi connectivity index (χ0v) is 20.2. The number of hydrogen-bond donors (Lipinski definition) is 1. The SMILES string of the molecule is CCOC(=O)/C(=N\OC)c1csc(=NC(c2ccccc2)(c2ccccc2)c2ccccc2)n1O. The van der Waals surface area contributed by atoms with Gasteiger partial charge in [0, 0.05) is 5.38 Å². The van der Waals surface area contributed by atoms with E-state index in [1.165, 1.54) is 18.4 Å². The van der Waals surface area contributed by atoms with E-state index in [1.807, 2.05) is 91.0 Å². The minimum atomic E-state index is -0.973. The Labute approximate surface area is 207 Å². The minimum Gasteiger partial charge on any atom is -0.461 e. The molecular formula is C27H25N3O4S. The molecule has 7 nitrogen and oxygen atoms in total. The summed E-state index contributed by atoms with van der Waals surface area (Å²) in [6.45, 7) is 1.85. The van der Waals surface area contributed by atoms with Gasteiger partial charge in [0.25, 0.3) is 0 Å². The van der Waals surface area contributed by atoms with Crippen molar-refractivity contribution in [3.05, 3.63) is 124 Å². The quantitative estimate of drug-likeness (QED) is 0.129. The van der Waals surface area contributed by atoms with Crippen molar-refractivity contribution in [3.8, 4) is 0 Å². The molecule has 178 valence electrons. The van der Waals surface area contributed by atoms with Crippen LogP contribution >= 0.6 is 11.3 Å². The predicted molar refractivity (Wildman–Crippen MR) is 134 cm³/mol. The fraction of sp³-hybridized carbons (Fsp3) is 0.148. The zero-order valence-electron chi connectivity index (χ0n) is 19.4. The highest BCUT2D eigenvalue weighted by molar-refractivity contribution is 7.07. The topological polar surface area (TPSA) is 85.4 Å². The summed E-state index contributed by atoms with van der Waals surface area (Å²) in [6.07, 6.45) is 0. The maximum absolute atomic E-state index is 12.5. The summed E-state index contributed by atoms with van der Waals surface area (Å²) in [5.74, 6) is -0.707. The van der Waals surface area contributed by atoms with E-state index in [2.05, 4.69) is 5.16 Å². The predicted octanol–water partition coefficient (Wildman–Crippen LogP) is 4.59. The third kappa shape index (κ3) is 4.74. The normalized spacial score (nSPS) is 12.4. The fourth-order valence-corrected chi connectivity index (χ4v) is 4.71. The number of carbonyl (C=O) groups is 1. The number of thiazole rings is 1. The molecule has 35 heavy (non-hydrogen) atoms. The summed E-state index contributed by atoms with van der Waals surface area (Å²) >= 11 is 1.18. The summed E-state index contributed by atoms with van der Waals surface area (Å²) in [5, 5.41) is 16.5. The molecule has 1 heterocycles. The van der Waals surface area contributed by atoms with E-state index in [4.69, 9.17) is 14.6 Å². The van der Waals surface area contributed by atoms with Crippen molar-refractivity contribution in [2.45, 2.75) is 12.5 Å². The Morgan fingerprint density at radius 3 is 1.83 bits per heavy atom. The van der Waals surface area contributed by atoms with Crippen LogP contribution in [0.2, 0.25) is 0 Å². The maximum atomic E-state index is 12.5. The van der Waals surface area contributed by atoms with Gasteiger partial charge in [-0.3, -0.25) is 0 Å². The molecule has 0 aliphatic heterocycles. The van der Waals surface area contributed by atoms with Crippen LogP contribution in [0.15, 0.2) is 107 Å². The summed E-state index contributed by atoms with van der Waals surface area (Å²) in [7, 11) is 1.32. The van der Waals surface area contributed by atoms with E-state index < -0.39 is 11.5 Å². The third-order valence-electron chi connectivity index (χ3n) is 5.42. The molecule has 0 radical (unpaired) electrons. The summed E-state index contributed by atoms with van der Waals surface area (Å²) in [4.78, 5) is 22.7. The largest absolute Gasteiger partial charge is 0.461 e. The van der Waals surface area contributed by atoms with E-state index in [0.29, 0.717) is 0 Å². The lowest BCUT2D eigenvalue weighted by molar-refractivity contribution is -0.135. The smallest absolute Gasteiger partial charge is 0.362 e. The second-order valence-corrected chi connectivity index (χ2v) is 8.32. The van der Waals surface area contributed by atoms with Crippen molar-refractivity contribution in [2.75, 3.05) is 13.7 Å². The molecule has 0 amide bonds. The second-order valence-electron chi connectivity index (χ2n) is 7.48. The van der Waals surface area contributed by atoms with Crippen molar-refractivity contribution in [1.29, 1.82) is 0 Å². The molecule has 8 heteroatoms. The van der Waals surface area contributed by atoms with Crippen molar-refractivity contribution in [2.24, 2.45) is 10.1 Å². The molecule has 1 aromatic heterocycles. The van der Waals surface area contributed by atoms with E-state index in [0.717, 1.165) is 21.4 Å². The van der Waals surface area contributed by atoms with E-state index in [1.54, 1.807) is 12.3 Å². The summed E-state index contributed by atoms with van der Waals surface area (Å²) in [5.41, 5.74) is 1.76. The molecule has 4 rings (SSSR count). The number of rotatable bonds is 8. The molecule has 3 aromatic carbocycles. The molecular weight excluding hydrogens is 462 g/mol. The number of esters is 1. The van der Waals surface area contributed by atoms with Gasteiger partial charge in [-0.15, -0.1) is 11.3 Å². The van der Waals surface area contributed by atoms with Crippen LogP contribution in [0.25, 0.3) is 0 Å². The number of ether oxygens (including phenoxy) is 1. The van der Waals surface area contributed by atoms with Crippen molar-refractivity contribution in [1.82, 2.24) is 4.73 Å². The lowest BCUT2D eigenvalue weighted by Gasteiger charge is -2.31. The van der Waals surface area contributed by atoms with Crippen LogP contribution in [0.1, 0.15) is 29.3 Å². The van der Waals surface area contributed by atoms with Gasteiger partial charge in [-0.1, -0.05) is 96.2 Å². The average molecular weight is 488 g/mol. The van der Waals surface area contributed by atoms with Crippen molar-refractivity contribution >= 4 is 23.0 Å². The molecule has 0 aliphatic rings. The van der Waals surface area contributed by atoms with Crippen LogP contribution in [0, 0.1) is 0 Å². The standard InChI is InChI=1S/C27H25N3O4S/c1-3-34-25(31)24(29-33-2)23-19-35-26(30(23)32)28-27(20-13-7-4-8-14-20,21-15-9-5-10-16-21)22-17-11-6-12-18-22/h4-19,32H,3H2,1-2H3/b28-26?,29-24-. The van der Waals surface area contributed by atoms with E-state index in [-0.39, 0.29) is 22.8 Å². The first-order valence-corrected chi connectivity index (χ1v) is 11.9. The minimum absolute atomic E-state index is 0.122. The number of nitrogens with zero attached hydrogens (tertiary/aromatic N) is 3. The lowest BCUT2D eigenvalue weighted by Crippen LogP contribution is -2.32. The van der Waals surface area contributed by atoms with E-state index >= 15 is 0 Å². The Kier molecular flexibility index (Phi) is 7.42. The molecule has 0 atom stereocenters. The van der Waals surface area contributed by atoms with Crippen LogP contribution < -0.4 is 4.80 Å². The molecule has 0 aliphatic carbocycles. The Morgan fingerprint density at radius 1 is 0.914 bits per heavy atom. The summed E-state index contributed by atoms with van der Waals surface area (Å²) in [6, 6.07) is 29.7. The molecule has 4 aromatic rings. The highest BCUT2D eigenvalue weighted by atomic mass is 32.1. The maximum Gasteiger partial charge on any atom is 0.362 e. The Hall–Kier alpha value is -4.17. The molecule has 0 spiro atoms. The molecule has 0 saturated heterocycles. The van der Waals surface area contributed by atoms with Crippen LogP contribution in [-0.2, 0) is 19.9 Å². The second kappa shape index (κ2) is 10.8. The Morgan fingerprint density at radius 2 is 1.40 bits per heavy atom. The van der Waals surface area contributed by atoms with Gasteiger partial charge in [0.2, 0.25) is 10.5 Å². The van der Waals surface area contributed by atoms with Gasteiger partial charge in [-0.2, -0.15) is 4.73 Å². The van der Waals surface area contributed by atoms with Crippen LogP contribution in [0.3, 0.4) is 0 Å². The number of aromatic nitrogens is 1. The molecule has 0 fully saturated rings. The van der Waals surface area contributed by atoms with Crippen LogP contribution in [0.4, 0.5) is 0 Å². The highest BCUT2D eigenvalue weighted by Crippen LogP contribution is 2.40. The molecule has 0 unspecified atom stereocenters. The number of benzene rings is 3. The van der Waals surface area contributed by atoms with Crippen molar-refractivity contribution < 1.29 is 19.6 Å². The highest BCUT2D eigenvalue weighted by Gasteiger charge is 2.36. The lowest BCUT2D eigenvalue weighted by atomic mass is 9.77. The Bertz CT molecular complexity index is 1270. The molecule has 0 saturated carbocycles. The van der Waals surface area contributed by atoms with Crippen LogP contribution in [-0.4, -0.2) is 35.3 Å². The Balaban J connectivity index is 2.02. The van der Waals surface area contributed by atoms with Gasteiger partial charge in [-0.25, -0.2) is 9.79 Å².